The third kappa shape index (κ3) is 3.72. The van der Waals surface area contributed by atoms with Crippen molar-refractivity contribution >= 4 is 5.91 Å². The summed E-state index contributed by atoms with van der Waals surface area (Å²) in [6.07, 6.45) is 0. The lowest BCUT2D eigenvalue weighted by molar-refractivity contribution is 0.0947. The van der Waals surface area contributed by atoms with Gasteiger partial charge in [0.1, 0.15) is 17.3 Å². The lowest BCUT2D eigenvalue weighted by atomic mass is 10.1. The van der Waals surface area contributed by atoms with E-state index in [-0.39, 0.29) is 18.3 Å². The molecule has 0 spiro atoms. The predicted molar refractivity (Wildman–Crippen MR) is 77.1 cm³/mol. The zero-order valence-corrected chi connectivity index (χ0v) is 11.9. The van der Waals surface area contributed by atoms with Crippen LogP contribution in [0, 0.1) is 5.82 Å². The van der Waals surface area contributed by atoms with Crippen LogP contribution in [0.3, 0.4) is 0 Å². The Bertz CT molecular complexity index is 643. The smallest absolute Gasteiger partial charge is 0.255 e. The molecule has 0 heterocycles. The van der Waals surface area contributed by atoms with Gasteiger partial charge >= 0.3 is 0 Å². The van der Waals surface area contributed by atoms with Gasteiger partial charge in [0.15, 0.2) is 0 Å². The number of methoxy groups -OCH3 is 2. The third-order valence-electron chi connectivity index (χ3n) is 2.99. The van der Waals surface area contributed by atoms with Gasteiger partial charge in [-0.3, -0.25) is 4.79 Å². The quantitative estimate of drug-likeness (QED) is 0.920. The van der Waals surface area contributed by atoms with Gasteiger partial charge in [0.25, 0.3) is 5.91 Å². The van der Waals surface area contributed by atoms with Gasteiger partial charge < -0.3 is 14.8 Å². The van der Waals surface area contributed by atoms with Crippen molar-refractivity contribution in [2.24, 2.45) is 0 Å². The van der Waals surface area contributed by atoms with Gasteiger partial charge in [0.05, 0.1) is 19.8 Å². The number of nitrogens with one attached hydrogen (secondary N) is 1. The molecule has 0 aliphatic heterocycles. The number of halogens is 1. The molecule has 2 rings (SSSR count). The topological polar surface area (TPSA) is 47.6 Å². The molecule has 5 heteroatoms. The number of carbonyl (C=O) groups excluding carboxylic acids is 1. The molecular weight excluding hydrogens is 273 g/mol. The van der Waals surface area contributed by atoms with Crippen molar-refractivity contribution in [2.75, 3.05) is 14.2 Å². The average molecular weight is 289 g/mol. The molecule has 1 N–H and O–H groups in total. The van der Waals surface area contributed by atoms with Crippen LogP contribution in [0.4, 0.5) is 4.39 Å². The summed E-state index contributed by atoms with van der Waals surface area (Å²) in [5.74, 6) is 0.370. The normalized spacial score (nSPS) is 10.0. The molecule has 21 heavy (non-hydrogen) atoms. The van der Waals surface area contributed by atoms with Gasteiger partial charge in [-0.15, -0.1) is 0 Å². The Labute approximate surface area is 122 Å². The molecule has 0 aliphatic rings. The molecule has 2 aromatic carbocycles. The number of hydrogen-bond acceptors (Lipinski definition) is 3. The molecule has 0 aromatic heterocycles. The number of ether oxygens (including phenoxy) is 2. The summed E-state index contributed by atoms with van der Waals surface area (Å²) >= 11 is 0. The highest BCUT2D eigenvalue weighted by Crippen LogP contribution is 2.23. The number of benzene rings is 2. The van der Waals surface area contributed by atoms with Crippen LogP contribution in [0.15, 0.2) is 42.5 Å². The molecule has 0 saturated carbocycles. The van der Waals surface area contributed by atoms with Crippen molar-refractivity contribution in [1.82, 2.24) is 5.32 Å². The van der Waals surface area contributed by atoms with E-state index in [1.54, 1.807) is 30.3 Å². The molecule has 0 bridgehead atoms. The standard InChI is InChI=1S/C16H16FNO3/c1-20-13-6-7-15(21-2)14(9-13)16(19)18-10-11-4-3-5-12(17)8-11/h3-9H,10H2,1-2H3,(H,18,19). The van der Waals surface area contributed by atoms with Crippen molar-refractivity contribution in [3.63, 3.8) is 0 Å². The van der Waals surface area contributed by atoms with Crippen molar-refractivity contribution < 1.29 is 18.7 Å². The Morgan fingerprint density at radius 3 is 2.62 bits per heavy atom. The minimum atomic E-state index is -0.333. The largest absolute Gasteiger partial charge is 0.497 e. The van der Waals surface area contributed by atoms with E-state index in [4.69, 9.17) is 9.47 Å². The second-order valence-corrected chi connectivity index (χ2v) is 4.38. The first-order valence-corrected chi connectivity index (χ1v) is 6.38. The zero-order chi connectivity index (χ0) is 15.2. The number of amides is 1. The number of hydrogen-bond donors (Lipinski definition) is 1. The van der Waals surface area contributed by atoms with E-state index < -0.39 is 0 Å². The third-order valence-corrected chi connectivity index (χ3v) is 2.99. The Morgan fingerprint density at radius 1 is 1.14 bits per heavy atom. The Balaban J connectivity index is 2.12. The van der Waals surface area contributed by atoms with Gasteiger partial charge in [-0.1, -0.05) is 12.1 Å². The Morgan fingerprint density at radius 2 is 1.95 bits per heavy atom. The van der Waals surface area contributed by atoms with Crippen LogP contribution in [0.2, 0.25) is 0 Å². The maximum absolute atomic E-state index is 13.1. The van der Waals surface area contributed by atoms with Crippen molar-refractivity contribution in [3.8, 4) is 11.5 Å². The highest BCUT2D eigenvalue weighted by molar-refractivity contribution is 5.97. The second kappa shape index (κ2) is 6.74. The Hall–Kier alpha value is -2.56. The van der Waals surface area contributed by atoms with E-state index in [1.165, 1.54) is 26.4 Å². The van der Waals surface area contributed by atoms with Gasteiger partial charge in [-0.2, -0.15) is 0 Å². The first-order chi connectivity index (χ1) is 10.1. The maximum Gasteiger partial charge on any atom is 0.255 e. The maximum atomic E-state index is 13.1. The van der Waals surface area contributed by atoms with Gasteiger partial charge in [0.2, 0.25) is 0 Å². The van der Waals surface area contributed by atoms with Crippen LogP contribution in [0.1, 0.15) is 15.9 Å². The molecule has 110 valence electrons. The van der Waals surface area contributed by atoms with Crippen LogP contribution in [-0.4, -0.2) is 20.1 Å². The van der Waals surface area contributed by atoms with Crippen LogP contribution in [0.5, 0.6) is 11.5 Å². The first kappa shape index (κ1) is 14.8. The van der Waals surface area contributed by atoms with E-state index in [0.717, 1.165) is 0 Å². The van der Waals surface area contributed by atoms with Crippen LogP contribution in [-0.2, 0) is 6.54 Å². The van der Waals surface area contributed by atoms with E-state index >= 15 is 0 Å². The second-order valence-electron chi connectivity index (χ2n) is 4.38. The zero-order valence-electron chi connectivity index (χ0n) is 11.9. The Kier molecular flexibility index (Phi) is 4.77. The monoisotopic (exact) mass is 289 g/mol. The molecule has 0 radical (unpaired) electrons. The fourth-order valence-electron chi connectivity index (χ4n) is 1.92. The molecule has 0 aliphatic carbocycles. The lowest BCUT2D eigenvalue weighted by Gasteiger charge is -2.11. The summed E-state index contributed by atoms with van der Waals surface area (Å²) in [5.41, 5.74) is 1.05. The molecule has 1 amide bonds. The number of rotatable bonds is 5. The van der Waals surface area contributed by atoms with Gasteiger partial charge in [-0.05, 0) is 35.9 Å². The van der Waals surface area contributed by atoms with Crippen molar-refractivity contribution in [2.45, 2.75) is 6.54 Å². The molecule has 0 fully saturated rings. The van der Waals surface area contributed by atoms with E-state index in [0.29, 0.717) is 22.6 Å². The van der Waals surface area contributed by atoms with Crippen LogP contribution in [0.25, 0.3) is 0 Å². The fraction of sp³-hybridized carbons (Fsp3) is 0.188. The molecular formula is C16H16FNO3. The minimum absolute atomic E-state index is 0.233. The van der Waals surface area contributed by atoms with E-state index in [9.17, 15) is 9.18 Å². The number of carbonyl (C=O) groups is 1. The molecule has 2 aromatic rings. The predicted octanol–water partition coefficient (Wildman–Crippen LogP) is 2.77. The van der Waals surface area contributed by atoms with Crippen LogP contribution < -0.4 is 14.8 Å². The van der Waals surface area contributed by atoms with E-state index in [2.05, 4.69) is 5.32 Å². The lowest BCUT2D eigenvalue weighted by Crippen LogP contribution is -2.23. The summed E-state index contributed by atoms with van der Waals surface area (Å²) in [5, 5.41) is 2.73. The summed E-state index contributed by atoms with van der Waals surface area (Å²) in [4.78, 5) is 12.2. The van der Waals surface area contributed by atoms with Crippen molar-refractivity contribution in [3.05, 3.63) is 59.4 Å². The highest BCUT2D eigenvalue weighted by atomic mass is 19.1. The first-order valence-electron chi connectivity index (χ1n) is 6.38. The summed E-state index contributed by atoms with van der Waals surface area (Å²) < 4.78 is 23.3. The summed E-state index contributed by atoms with van der Waals surface area (Å²) in [6, 6.07) is 11.0. The summed E-state index contributed by atoms with van der Waals surface area (Å²) in [6.45, 7) is 0.233. The minimum Gasteiger partial charge on any atom is -0.497 e. The van der Waals surface area contributed by atoms with E-state index in [1.807, 2.05) is 0 Å². The summed E-state index contributed by atoms with van der Waals surface area (Å²) in [7, 11) is 3.02. The molecule has 0 unspecified atom stereocenters. The van der Waals surface area contributed by atoms with Crippen molar-refractivity contribution in [1.29, 1.82) is 0 Å². The highest BCUT2D eigenvalue weighted by Gasteiger charge is 2.13. The molecule has 0 atom stereocenters. The molecule has 4 nitrogen and oxygen atoms in total. The van der Waals surface area contributed by atoms with Gasteiger partial charge in [0, 0.05) is 6.54 Å². The van der Waals surface area contributed by atoms with Crippen LogP contribution >= 0.6 is 0 Å². The molecule has 0 saturated heterocycles. The average Bonchev–Trinajstić information content (AvgIpc) is 2.52. The fourth-order valence-corrected chi connectivity index (χ4v) is 1.92. The SMILES string of the molecule is COc1ccc(OC)c(C(=O)NCc2cccc(F)c2)c1. The van der Waals surface area contributed by atoms with Gasteiger partial charge in [-0.25, -0.2) is 4.39 Å².